The summed E-state index contributed by atoms with van der Waals surface area (Å²) in [7, 11) is 0. The second-order valence-electron chi connectivity index (χ2n) is 7.30. The largest absolute Gasteiger partial charge is 0.313 e. The molecule has 18 heavy (non-hydrogen) atoms. The molecule has 0 aromatic heterocycles. The third-order valence-corrected chi connectivity index (χ3v) is 4.50. The lowest BCUT2D eigenvalue weighted by molar-refractivity contribution is 0.0798. The molecule has 1 aliphatic rings. The van der Waals surface area contributed by atoms with Crippen LogP contribution in [-0.2, 0) is 0 Å². The highest BCUT2D eigenvalue weighted by Gasteiger charge is 2.30. The van der Waals surface area contributed by atoms with E-state index in [-0.39, 0.29) is 0 Å². The fourth-order valence-electron chi connectivity index (χ4n) is 3.03. The molecule has 108 valence electrons. The number of nitrogens with one attached hydrogen (secondary N) is 1. The van der Waals surface area contributed by atoms with Crippen molar-refractivity contribution in [3.8, 4) is 0 Å². The van der Waals surface area contributed by atoms with E-state index in [1.54, 1.807) is 0 Å². The van der Waals surface area contributed by atoms with E-state index in [2.05, 4.69) is 51.8 Å². The predicted octanol–water partition coefficient (Wildman–Crippen LogP) is 3.52. The van der Waals surface area contributed by atoms with Gasteiger partial charge in [0.15, 0.2) is 0 Å². The van der Waals surface area contributed by atoms with Crippen LogP contribution in [0.4, 0.5) is 0 Å². The van der Waals surface area contributed by atoms with E-state index in [1.807, 2.05) is 0 Å². The quantitative estimate of drug-likeness (QED) is 0.807. The van der Waals surface area contributed by atoms with Crippen LogP contribution in [0.15, 0.2) is 0 Å². The number of hydrogen-bond acceptors (Lipinski definition) is 2. The molecule has 1 atom stereocenters. The van der Waals surface area contributed by atoms with E-state index >= 15 is 0 Å². The molecule has 1 saturated heterocycles. The van der Waals surface area contributed by atoms with Gasteiger partial charge in [-0.05, 0) is 43.7 Å². The summed E-state index contributed by atoms with van der Waals surface area (Å²) in [6.07, 6.45) is 4.02. The first-order chi connectivity index (χ1) is 8.34. The van der Waals surface area contributed by atoms with Crippen molar-refractivity contribution >= 4 is 0 Å². The van der Waals surface area contributed by atoms with Gasteiger partial charge in [0.1, 0.15) is 0 Å². The highest BCUT2D eigenvalue weighted by atomic mass is 15.2. The monoisotopic (exact) mass is 254 g/mol. The SMILES string of the molecule is CCC(CNC(C)C)N1CCC(C(C)(C)C)CC1. The zero-order valence-corrected chi connectivity index (χ0v) is 13.4. The first-order valence-electron chi connectivity index (χ1n) is 7.82. The number of nitrogens with zero attached hydrogens (tertiary/aromatic N) is 1. The normalized spacial score (nSPS) is 21.5. The summed E-state index contributed by atoms with van der Waals surface area (Å²) < 4.78 is 0. The molecule has 1 fully saturated rings. The Labute approximate surface area is 115 Å². The Kier molecular flexibility index (Phi) is 6.13. The minimum atomic E-state index is 0.490. The van der Waals surface area contributed by atoms with E-state index in [0.29, 0.717) is 11.5 Å². The summed E-state index contributed by atoms with van der Waals surface area (Å²) in [5.74, 6) is 0.907. The van der Waals surface area contributed by atoms with Gasteiger partial charge in [-0.25, -0.2) is 0 Å². The molecule has 0 aliphatic carbocycles. The molecule has 0 bridgehead atoms. The summed E-state index contributed by atoms with van der Waals surface area (Å²) in [6, 6.07) is 1.33. The van der Waals surface area contributed by atoms with Crippen LogP contribution in [0.2, 0.25) is 0 Å². The Morgan fingerprint density at radius 3 is 2.11 bits per heavy atom. The van der Waals surface area contributed by atoms with Crippen LogP contribution in [0.3, 0.4) is 0 Å². The maximum Gasteiger partial charge on any atom is 0.0218 e. The molecule has 0 saturated carbocycles. The van der Waals surface area contributed by atoms with Crippen molar-refractivity contribution in [2.45, 2.75) is 72.9 Å². The van der Waals surface area contributed by atoms with Gasteiger partial charge in [0.2, 0.25) is 0 Å². The Morgan fingerprint density at radius 2 is 1.72 bits per heavy atom. The summed E-state index contributed by atoms with van der Waals surface area (Å²) in [5.41, 5.74) is 0.490. The van der Waals surface area contributed by atoms with Gasteiger partial charge >= 0.3 is 0 Å². The minimum absolute atomic E-state index is 0.490. The van der Waals surface area contributed by atoms with Crippen LogP contribution in [0, 0.1) is 11.3 Å². The molecule has 0 spiro atoms. The smallest absolute Gasteiger partial charge is 0.0218 e. The molecule has 1 unspecified atom stereocenters. The highest BCUT2D eigenvalue weighted by Crippen LogP contribution is 2.34. The van der Waals surface area contributed by atoms with E-state index in [1.165, 1.54) is 32.4 Å². The molecule has 1 rings (SSSR count). The van der Waals surface area contributed by atoms with Gasteiger partial charge < -0.3 is 5.32 Å². The molecule has 1 heterocycles. The van der Waals surface area contributed by atoms with Gasteiger partial charge in [-0.1, -0.05) is 41.5 Å². The lowest BCUT2D eigenvalue weighted by atomic mass is 9.75. The topological polar surface area (TPSA) is 15.3 Å². The average molecular weight is 254 g/mol. The molecule has 0 radical (unpaired) electrons. The third kappa shape index (κ3) is 4.89. The van der Waals surface area contributed by atoms with Gasteiger partial charge in [0.25, 0.3) is 0 Å². The standard InChI is InChI=1S/C16H34N2/c1-7-15(12-17-13(2)3)18-10-8-14(9-11-18)16(4,5)6/h13-15,17H,7-12H2,1-6H3. The van der Waals surface area contributed by atoms with Crippen molar-refractivity contribution in [2.24, 2.45) is 11.3 Å². The van der Waals surface area contributed by atoms with Crippen LogP contribution < -0.4 is 5.32 Å². The lowest BCUT2D eigenvalue weighted by Crippen LogP contribution is -2.48. The maximum absolute atomic E-state index is 3.59. The first kappa shape index (κ1) is 16.0. The summed E-state index contributed by atoms with van der Waals surface area (Å²) >= 11 is 0. The third-order valence-electron chi connectivity index (χ3n) is 4.50. The van der Waals surface area contributed by atoms with E-state index < -0.39 is 0 Å². The zero-order chi connectivity index (χ0) is 13.8. The summed E-state index contributed by atoms with van der Waals surface area (Å²) in [6.45, 7) is 17.7. The molecule has 1 N–H and O–H groups in total. The van der Waals surface area contributed by atoms with Gasteiger partial charge in [0.05, 0.1) is 0 Å². The fraction of sp³-hybridized carbons (Fsp3) is 1.00. The van der Waals surface area contributed by atoms with Crippen LogP contribution in [0.1, 0.15) is 60.8 Å². The van der Waals surface area contributed by atoms with Gasteiger partial charge in [-0.2, -0.15) is 0 Å². The van der Waals surface area contributed by atoms with Crippen molar-refractivity contribution < 1.29 is 0 Å². The minimum Gasteiger partial charge on any atom is -0.313 e. The first-order valence-corrected chi connectivity index (χ1v) is 7.82. The molecule has 0 amide bonds. The Hall–Kier alpha value is -0.0800. The molecule has 0 aromatic carbocycles. The molecular formula is C16H34N2. The second kappa shape index (κ2) is 6.91. The van der Waals surface area contributed by atoms with E-state index in [0.717, 1.165) is 18.5 Å². The number of piperidine rings is 1. The highest BCUT2D eigenvalue weighted by molar-refractivity contribution is 4.84. The molecular weight excluding hydrogens is 220 g/mol. The Balaban J connectivity index is 2.40. The summed E-state index contributed by atoms with van der Waals surface area (Å²) in [4.78, 5) is 2.71. The molecule has 1 aliphatic heterocycles. The Bertz CT molecular complexity index is 222. The van der Waals surface area contributed by atoms with Gasteiger partial charge in [-0.15, -0.1) is 0 Å². The average Bonchev–Trinajstić information content (AvgIpc) is 2.29. The van der Waals surface area contributed by atoms with Crippen LogP contribution >= 0.6 is 0 Å². The van der Waals surface area contributed by atoms with Gasteiger partial charge in [-0.3, -0.25) is 4.90 Å². The lowest BCUT2D eigenvalue weighted by Gasteiger charge is -2.42. The van der Waals surface area contributed by atoms with Crippen molar-refractivity contribution in [1.82, 2.24) is 10.2 Å². The zero-order valence-electron chi connectivity index (χ0n) is 13.4. The second-order valence-corrected chi connectivity index (χ2v) is 7.30. The fourth-order valence-corrected chi connectivity index (χ4v) is 3.03. The van der Waals surface area contributed by atoms with Crippen molar-refractivity contribution in [1.29, 1.82) is 0 Å². The molecule has 2 heteroatoms. The number of rotatable bonds is 5. The number of likely N-dealkylation sites (tertiary alicyclic amines) is 1. The van der Waals surface area contributed by atoms with Crippen LogP contribution in [-0.4, -0.2) is 36.6 Å². The number of hydrogen-bond donors (Lipinski definition) is 1. The summed E-state index contributed by atoms with van der Waals surface area (Å²) in [5, 5.41) is 3.59. The predicted molar refractivity (Wildman–Crippen MR) is 81.0 cm³/mol. The van der Waals surface area contributed by atoms with Crippen molar-refractivity contribution in [3.05, 3.63) is 0 Å². The maximum atomic E-state index is 3.59. The van der Waals surface area contributed by atoms with Gasteiger partial charge in [0, 0.05) is 18.6 Å². The van der Waals surface area contributed by atoms with Crippen LogP contribution in [0.25, 0.3) is 0 Å². The Morgan fingerprint density at radius 1 is 1.17 bits per heavy atom. The van der Waals surface area contributed by atoms with E-state index in [9.17, 15) is 0 Å². The van der Waals surface area contributed by atoms with Crippen molar-refractivity contribution in [3.63, 3.8) is 0 Å². The van der Waals surface area contributed by atoms with Crippen molar-refractivity contribution in [2.75, 3.05) is 19.6 Å². The van der Waals surface area contributed by atoms with Crippen LogP contribution in [0.5, 0.6) is 0 Å². The van der Waals surface area contributed by atoms with E-state index in [4.69, 9.17) is 0 Å². The molecule has 0 aromatic rings. The molecule has 2 nitrogen and oxygen atoms in total.